The number of para-hydroxylation sites is 1. The zero-order valence-corrected chi connectivity index (χ0v) is 18.6. The number of fused-ring (bicyclic) bond motifs is 1. The molecule has 7 heteroatoms. The average molecular weight is 440 g/mol. The van der Waals surface area contributed by atoms with Crippen LogP contribution in [0.25, 0.3) is 10.9 Å². The SMILES string of the molecule is CCOc1c(Cl)cc(C=Nn2c(C3CCCCC3)nc3ccccc3c2=O)cc1OC. The van der Waals surface area contributed by atoms with Crippen molar-refractivity contribution in [3.05, 3.63) is 63.2 Å². The van der Waals surface area contributed by atoms with Gasteiger partial charge in [0.25, 0.3) is 5.56 Å². The number of aromatic nitrogens is 2. The molecule has 0 N–H and O–H groups in total. The number of halogens is 1. The summed E-state index contributed by atoms with van der Waals surface area (Å²) in [7, 11) is 1.56. The number of benzene rings is 2. The minimum atomic E-state index is -0.161. The Morgan fingerprint density at radius 2 is 2.00 bits per heavy atom. The molecule has 0 radical (unpaired) electrons. The van der Waals surface area contributed by atoms with Gasteiger partial charge in [0.15, 0.2) is 11.5 Å². The lowest BCUT2D eigenvalue weighted by atomic mass is 9.88. The molecule has 1 aromatic heterocycles. The Hall–Kier alpha value is -2.86. The van der Waals surface area contributed by atoms with Gasteiger partial charge < -0.3 is 9.47 Å². The van der Waals surface area contributed by atoms with Crippen molar-refractivity contribution in [2.75, 3.05) is 13.7 Å². The van der Waals surface area contributed by atoms with Crippen LogP contribution in [0.15, 0.2) is 46.3 Å². The predicted octanol–water partition coefficient (Wildman–Crippen LogP) is 5.39. The lowest BCUT2D eigenvalue weighted by Gasteiger charge is -2.22. The van der Waals surface area contributed by atoms with Crippen molar-refractivity contribution in [3.8, 4) is 11.5 Å². The maximum absolute atomic E-state index is 13.3. The zero-order valence-electron chi connectivity index (χ0n) is 17.8. The molecule has 0 unspecified atom stereocenters. The van der Waals surface area contributed by atoms with Gasteiger partial charge in [-0.3, -0.25) is 4.79 Å². The summed E-state index contributed by atoms with van der Waals surface area (Å²) < 4.78 is 12.4. The van der Waals surface area contributed by atoms with E-state index >= 15 is 0 Å². The average Bonchev–Trinajstić information content (AvgIpc) is 2.80. The maximum Gasteiger partial charge on any atom is 0.282 e. The molecule has 1 aliphatic carbocycles. The highest BCUT2D eigenvalue weighted by atomic mass is 35.5. The van der Waals surface area contributed by atoms with Crippen LogP contribution in [0.1, 0.15) is 56.3 Å². The molecular weight excluding hydrogens is 414 g/mol. The molecule has 0 saturated heterocycles. The third-order valence-corrected chi connectivity index (χ3v) is 5.89. The first kappa shape index (κ1) is 21.4. The van der Waals surface area contributed by atoms with E-state index in [4.69, 9.17) is 26.1 Å². The minimum absolute atomic E-state index is 0.161. The topological polar surface area (TPSA) is 65.7 Å². The van der Waals surface area contributed by atoms with E-state index < -0.39 is 0 Å². The standard InChI is InChI=1S/C24H26ClN3O3/c1-3-31-22-19(25)13-16(14-21(22)30-2)15-26-28-23(17-9-5-4-6-10-17)27-20-12-8-7-11-18(20)24(28)29/h7-8,11-15,17H,3-6,9-10H2,1-2H3. The van der Waals surface area contributed by atoms with E-state index in [1.165, 1.54) is 11.1 Å². The Morgan fingerprint density at radius 1 is 1.23 bits per heavy atom. The number of methoxy groups -OCH3 is 1. The lowest BCUT2D eigenvalue weighted by molar-refractivity contribution is 0.311. The van der Waals surface area contributed by atoms with Crippen LogP contribution in [0.4, 0.5) is 0 Å². The highest BCUT2D eigenvalue weighted by Crippen LogP contribution is 2.36. The third-order valence-electron chi connectivity index (χ3n) is 5.61. The highest BCUT2D eigenvalue weighted by molar-refractivity contribution is 6.32. The number of hydrogen-bond acceptors (Lipinski definition) is 5. The Bertz CT molecular complexity index is 1170. The lowest BCUT2D eigenvalue weighted by Crippen LogP contribution is -2.25. The van der Waals surface area contributed by atoms with E-state index in [9.17, 15) is 4.79 Å². The summed E-state index contributed by atoms with van der Waals surface area (Å²) in [5, 5.41) is 5.54. The maximum atomic E-state index is 13.3. The van der Waals surface area contributed by atoms with Gasteiger partial charge in [-0.05, 0) is 49.6 Å². The molecule has 1 fully saturated rings. The Morgan fingerprint density at radius 3 is 2.74 bits per heavy atom. The summed E-state index contributed by atoms with van der Waals surface area (Å²) in [6.45, 7) is 2.36. The number of hydrogen-bond donors (Lipinski definition) is 0. The summed E-state index contributed by atoms with van der Waals surface area (Å²) in [5.74, 6) is 1.97. The zero-order chi connectivity index (χ0) is 21.8. The molecular formula is C24H26ClN3O3. The Balaban J connectivity index is 1.80. The molecule has 162 valence electrons. The second-order valence-corrected chi connectivity index (χ2v) is 8.06. The quantitative estimate of drug-likeness (QED) is 0.483. The fourth-order valence-corrected chi connectivity index (χ4v) is 4.37. The second kappa shape index (κ2) is 9.52. The van der Waals surface area contributed by atoms with Crippen LogP contribution < -0.4 is 15.0 Å². The van der Waals surface area contributed by atoms with Gasteiger partial charge in [0.05, 0.1) is 35.9 Å². The molecule has 3 aromatic rings. The monoisotopic (exact) mass is 439 g/mol. The van der Waals surface area contributed by atoms with Crippen LogP contribution in [-0.2, 0) is 0 Å². The van der Waals surface area contributed by atoms with Crippen molar-refractivity contribution >= 4 is 28.7 Å². The molecule has 1 heterocycles. The normalized spacial score (nSPS) is 14.9. The molecule has 1 aliphatic rings. The molecule has 0 amide bonds. The summed E-state index contributed by atoms with van der Waals surface area (Å²) >= 11 is 6.39. The molecule has 0 spiro atoms. The van der Waals surface area contributed by atoms with E-state index in [-0.39, 0.29) is 11.5 Å². The van der Waals surface area contributed by atoms with Gasteiger partial charge >= 0.3 is 0 Å². The van der Waals surface area contributed by atoms with Crippen LogP contribution in [0.5, 0.6) is 11.5 Å². The van der Waals surface area contributed by atoms with Crippen molar-refractivity contribution in [2.24, 2.45) is 5.10 Å². The van der Waals surface area contributed by atoms with E-state index in [0.717, 1.165) is 31.5 Å². The Labute approximate surface area is 186 Å². The first-order valence-electron chi connectivity index (χ1n) is 10.7. The molecule has 0 atom stereocenters. The van der Waals surface area contributed by atoms with Crippen LogP contribution in [-0.4, -0.2) is 29.6 Å². The van der Waals surface area contributed by atoms with Gasteiger partial charge in [0, 0.05) is 5.92 Å². The van der Waals surface area contributed by atoms with Crippen LogP contribution in [0, 0.1) is 0 Å². The summed E-state index contributed by atoms with van der Waals surface area (Å²) in [5.41, 5.74) is 1.26. The fraction of sp³-hybridized carbons (Fsp3) is 0.375. The van der Waals surface area contributed by atoms with E-state index in [0.29, 0.717) is 39.6 Å². The minimum Gasteiger partial charge on any atom is -0.493 e. The predicted molar refractivity (Wildman–Crippen MR) is 124 cm³/mol. The number of nitrogens with zero attached hydrogens (tertiary/aromatic N) is 3. The van der Waals surface area contributed by atoms with Crippen LogP contribution in [0.2, 0.25) is 5.02 Å². The molecule has 1 saturated carbocycles. The van der Waals surface area contributed by atoms with Crippen LogP contribution in [0.3, 0.4) is 0 Å². The van der Waals surface area contributed by atoms with Crippen LogP contribution >= 0.6 is 11.6 Å². The molecule has 6 nitrogen and oxygen atoms in total. The Kier molecular flexibility index (Phi) is 6.56. The third kappa shape index (κ3) is 4.44. The van der Waals surface area contributed by atoms with Crippen molar-refractivity contribution in [1.82, 2.24) is 9.66 Å². The smallest absolute Gasteiger partial charge is 0.282 e. The van der Waals surface area contributed by atoms with E-state index in [2.05, 4.69) is 5.10 Å². The first-order chi connectivity index (χ1) is 15.1. The molecule has 0 aliphatic heterocycles. The molecule has 0 bridgehead atoms. The van der Waals surface area contributed by atoms with E-state index in [1.807, 2.05) is 25.1 Å². The van der Waals surface area contributed by atoms with Crippen molar-refractivity contribution in [1.29, 1.82) is 0 Å². The van der Waals surface area contributed by atoms with Crippen molar-refractivity contribution < 1.29 is 9.47 Å². The number of ether oxygens (including phenoxy) is 2. The summed E-state index contributed by atoms with van der Waals surface area (Å²) in [4.78, 5) is 18.1. The molecule has 2 aromatic carbocycles. The molecule has 4 rings (SSSR count). The van der Waals surface area contributed by atoms with Gasteiger partial charge in [0.1, 0.15) is 5.82 Å². The fourth-order valence-electron chi connectivity index (χ4n) is 4.10. The second-order valence-electron chi connectivity index (χ2n) is 7.65. The summed E-state index contributed by atoms with van der Waals surface area (Å²) in [6, 6.07) is 11.0. The highest BCUT2D eigenvalue weighted by Gasteiger charge is 2.22. The van der Waals surface area contributed by atoms with Crippen molar-refractivity contribution in [3.63, 3.8) is 0 Å². The van der Waals surface area contributed by atoms with Gasteiger partial charge in [-0.25, -0.2) is 4.98 Å². The van der Waals surface area contributed by atoms with E-state index in [1.54, 1.807) is 31.5 Å². The molecule has 31 heavy (non-hydrogen) atoms. The summed E-state index contributed by atoms with van der Waals surface area (Å²) in [6.07, 6.45) is 7.16. The first-order valence-corrected chi connectivity index (χ1v) is 11.1. The largest absolute Gasteiger partial charge is 0.493 e. The van der Waals surface area contributed by atoms with Crippen molar-refractivity contribution in [2.45, 2.75) is 44.9 Å². The van der Waals surface area contributed by atoms with Gasteiger partial charge in [-0.15, -0.1) is 0 Å². The van der Waals surface area contributed by atoms with Gasteiger partial charge in [-0.2, -0.15) is 9.78 Å². The van der Waals surface area contributed by atoms with Gasteiger partial charge in [-0.1, -0.05) is 43.0 Å². The van der Waals surface area contributed by atoms with Gasteiger partial charge in [0.2, 0.25) is 0 Å². The number of rotatable bonds is 6.